The van der Waals surface area contributed by atoms with Crippen LogP contribution in [0.15, 0.2) is 30.6 Å². The third-order valence-electron chi connectivity index (χ3n) is 2.71. The van der Waals surface area contributed by atoms with Crippen LogP contribution in [-0.2, 0) is 0 Å². The lowest BCUT2D eigenvalue weighted by molar-refractivity contribution is 0.532. The molecule has 0 atom stereocenters. The molecule has 1 aromatic carbocycles. The van der Waals surface area contributed by atoms with E-state index in [0.29, 0.717) is 11.6 Å². The summed E-state index contributed by atoms with van der Waals surface area (Å²) in [6.07, 6.45) is 3.70. The standard InChI is InChI=1S/C14H16N4/c1-10(2)18-9-13(8-16-18)17-14-5-4-11(3)6-12(14)7-15/h4-6,8-10,17H,1-3H3. The summed E-state index contributed by atoms with van der Waals surface area (Å²) in [5.74, 6) is 0. The number of aromatic nitrogens is 2. The molecule has 0 amide bonds. The van der Waals surface area contributed by atoms with Crippen LogP contribution in [0.4, 0.5) is 11.4 Å². The van der Waals surface area contributed by atoms with E-state index in [0.717, 1.165) is 16.9 Å². The molecule has 2 rings (SSSR count). The van der Waals surface area contributed by atoms with Crippen LogP contribution in [0.3, 0.4) is 0 Å². The lowest BCUT2D eigenvalue weighted by Crippen LogP contribution is -2.00. The highest BCUT2D eigenvalue weighted by molar-refractivity contribution is 5.66. The maximum Gasteiger partial charge on any atom is 0.101 e. The van der Waals surface area contributed by atoms with E-state index < -0.39 is 0 Å². The third-order valence-corrected chi connectivity index (χ3v) is 2.71. The summed E-state index contributed by atoms with van der Waals surface area (Å²) in [4.78, 5) is 0. The monoisotopic (exact) mass is 240 g/mol. The second-order valence-corrected chi connectivity index (χ2v) is 4.59. The predicted molar refractivity (Wildman–Crippen MR) is 71.8 cm³/mol. The van der Waals surface area contributed by atoms with Crippen molar-refractivity contribution in [3.63, 3.8) is 0 Å². The van der Waals surface area contributed by atoms with Crippen LogP contribution in [0.5, 0.6) is 0 Å². The molecule has 0 radical (unpaired) electrons. The summed E-state index contributed by atoms with van der Waals surface area (Å²) in [7, 11) is 0. The molecular weight excluding hydrogens is 224 g/mol. The van der Waals surface area contributed by atoms with Gasteiger partial charge in [-0.2, -0.15) is 10.4 Å². The van der Waals surface area contributed by atoms with Crippen LogP contribution in [0.2, 0.25) is 0 Å². The van der Waals surface area contributed by atoms with Gasteiger partial charge in [-0.1, -0.05) is 6.07 Å². The van der Waals surface area contributed by atoms with Gasteiger partial charge in [0.1, 0.15) is 6.07 Å². The van der Waals surface area contributed by atoms with E-state index >= 15 is 0 Å². The fourth-order valence-corrected chi connectivity index (χ4v) is 1.70. The smallest absolute Gasteiger partial charge is 0.101 e. The Labute approximate surface area is 107 Å². The topological polar surface area (TPSA) is 53.6 Å². The second-order valence-electron chi connectivity index (χ2n) is 4.59. The first-order valence-electron chi connectivity index (χ1n) is 5.92. The Kier molecular flexibility index (Phi) is 3.33. The van der Waals surface area contributed by atoms with E-state index in [9.17, 15) is 0 Å². The fourth-order valence-electron chi connectivity index (χ4n) is 1.70. The van der Waals surface area contributed by atoms with Gasteiger partial charge in [-0.05, 0) is 38.5 Å². The molecule has 1 heterocycles. The number of benzene rings is 1. The summed E-state index contributed by atoms with van der Waals surface area (Å²) in [6, 6.07) is 8.29. The number of nitrogens with zero attached hydrogens (tertiary/aromatic N) is 3. The first kappa shape index (κ1) is 12.2. The van der Waals surface area contributed by atoms with E-state index in [1.54, 1.807) is 6.20 Å². The van der Waals surface area contributed by atoms with Crippen LogP contribution >= 0.6 is 0 Å². The lowest BCUT2D eigenvalue weighted by atomic mass is 10.1. The summed E-state index contributed by atoms with van der Waals surface area (Å²) in [5, 5.41) is 16.6. The molecular formula is C14H16N4. The van der Waals surface area contributed by atoms with Crippen molar-refractivity contribution >= 4 is 11.4 Å². The Morgan fingerprint density at radius 1 is 1.39 bits per heavy atom. The summed E-state index contributed by atoms with van der Waals surface area (Å²) in [5.41, 5.74) is 3.43. The highest BCUT2D eigenvalue weighted by atomic mass is 15.3. The third kappa shape index (κ3) is 2.51. The van der Waals surface area contributed by atoms with Crippen LogP contribution < -0.4 is 5.32 Å². The molecule has 0 aliphatic carbocycles. The van der Waals surface area contributed by atoms with Crippen molar-refractivity contribution in [2.24, 2.45) is 0 Å². The summed E-state index contributed by atoms with van der Waals surface area (Å²) >= 11 is 0. The van der Waals surface area contributed by atoms with Crippen LogP contribution in [0, 0.1) is 18.3 Å². The van der Waals surface area contributed by atoms with Gasteiger partial charge < -0.3 is 5.32 Å². The van der Waals surface area contributed by atoms with E-state index in [-0.39, 0.29) is 0 Å². The maximum atomic E-state index is 9.10. The van der Waals surface area contributed by atoms with Gasteiger partial charge in [-0.15, -0.1) is 0 Å². The van der Waals surface area contributed by atoms with Crippen molar-refractivity contribution in [2.75, 3.05) is 5.32 Å². The van der Waals surface area contributed by atoms with Crippen molar-refractivity contribution in [2.45, 2.75) is 26.8 Å². The zero-order valence-corrected chi connectivity index (χ0v) is 10.8. The largest absolute Gasteiger partial charge is 0.352 e. The second kappa shape index (κ2) is 4.92. The number of nitrogens with one attached hydrogen (secondary N) is 1. The Balaban J connectivity index is 2.26. The molecule has 4 nitrogen and oxygen atoms in total. The van der Waals surface area contributed by atoms with Crippen molar-refractivity contribution in [1.29, 1.82) is 5.26 Å². The Bertz CT molecular complexity index is 590. The normalized spacial score (nSPS) is 10.4. The predicted octanol–water partition coefficient (Wildman–Crippen LogP) is 3.39. The molecule has 0 saturated heterocycles. The molecule has 0 fully saturated rings. The van der Waals surface area contributed by atoms with E-state index in [1.807, 2.05) is 36.0 Å². The van der Waals surface area contributed by atoms with Crippen LogP contribution in [0.1, 0.15) is 31.0 Å². The van der Waals surface area contributed by atoms with E-state index in [2.05, 4.69) is 30.3 Å². The first-order valence-corrected chi connectivity index (χ1v) is 5.92. The van der Waals surface area contributed by atoms with Crippen LogP contribution in [-0.4, -0.2) is 9.78 Å². The number of rotatable bonds is 3. The van der Waals surface area contributed by atoms with Gasteiger partial charge in [0.2, 0.25) is 0 Å². The van der Waals surface area contributed by atoms with Gasteiger partial charge in [-0.3, -0.25) is 4.68 Å². The lowest BCUT2D eigenvalue weighted by Gasteiger charge is -2.07. The maximum absolute atomic E-state index is 9.10. The minimum absolute atomic E-state index is 0.328. The van der Waals surface area contributed by atoms with Gasteiger partial charge in [0.15, 0.2) is 0 Å². The molecule has 0 aliphatic rings. The number of nitriles is 1. The van der Waals surface area contributed by atoms with E-state index in [1.165, 1.54) is 0 Å². The van der Waals surface area contributed by atoms with Gasteiger partial charge in [0.05, 0.1) is 23.1 Å². The summed E-state index contributed by atoms with van der Waals surface area (Å²) < 4.78 is 1.88. The van der Waals surface area contributed by atoms with E-state index in [4.69, 9.17) is 5.26 Å². The molecule has 2 aromatic rings. The van der Waals surface area contributed by atoms with Crippen LogP contribution in [0.25, 0.3) is 0 Å². The first-order chi connectivity index (χ1) is 8.60. The molecule has 0 saturated carbocycles. The Hall–Kier alpha value is -2.28. The average molecular weight is 240 g/mol. The fraction of sp³-hybridized carbons (Fsp3) is 0.286. The molecule has 1 N–H and O–H groups in total. The van der Waals surface area contributed by atoms with Crippen molar-refractivity contribution in [1.82, 2.24) is 9.78 Å². The number of hydrogen-bond donors (Lipinski definition) is 1. The van der Waals surface area contributed by atoms with Gasteiger partial charge in [0.25, 0.3) is 0 Å². The molecule has 18 heavy (non-hydrogen) atoms. The zero-order valence-electron chi connectivity index (χ0n) is 10.8. The number of hydrogen-bond acceptors (Lipinski definition) is 3. The molecule has 0 spiro atoms. The molecule has 0 unspecified atom stereocenters. The summed E-state index contributed by atoms with van der Waals surface area (Å²) in [6.45, 7) is 6.12. The number of anilines is 2. The zero-order chi connectivity index (χ0) is 13.1. The minimum Gasteiger partial charge on any atom is -0.352 e. The highest BCUT2D eigenvalue weighted by Crippen LogP contribution is 2.21. The number of aryl methyl sites for hydroxylation is 1. The van der Waals surface area contributed by atoms with Crippen molar-refractivity contribution < 1.29 is 0 Å². The molecule has 92 valence electrons. The molecule has 1 aromatic heterocycles. The Morgan fingerprint density at radius 3 is 2.78 bits per heavy atom. The van der Waals surface area contributed by atoms with Crippen molar-refractivity contribution in [3.05, 3.63) is 41.7 Å². The Morgan fingerprint density at radius 2 is 2.17 bits per heavy atom. The highest BCUT2D eigenvalue weighted by Gasteiger charge is 2.05. The van der Waals surface area contributed by atoms with Gasteiger partial charge >= 0.3 is 0 Å². The average Bonchev–Trinajstić information content (AvgIpc) is 2.80. The molecule has 4 heteroatoms. The molecule has 0 aliphatic heterocycles. The molecule has 0 bridgehead atoms. The quantitative estimate of drug-likeness (QED) is 0.894. The SMILES string of the molecule is Cc1ccc(Nc2cnn(C(C)C)c2)c(C#N)c1. The van der Waals surface area contributed by atoms with Crippen molar-refractivity contribution in [3.8, 4) is 6.07 Å². The van der Waals surface area contributed by atoms with Gasteiger partial charge in [0, 0.05) is 12.2 Å². The minimum atomic E-state index is 0.328. The van der Waals surface area contributed by atoms with Gasteiger partial charge in [-0.25, -0.2) is 0 Å².